The fourth-order valence-corrected chi connectivity index (χ4v) is 1.48. The van der Waals surface area contributed by atoms with Crippen molar-refractivity contribution in [2.45, 2.75) is 19.0 Å². The molecule has 104 valence electrons. The second-order valence-electron chi connectivity index (χ2n) is 3.98. The van der Waals surface area contributed by atoms with E-state index in [1.165, 1.54) is 7.11 Å². The summed E-state index contributed by atoms with van der Waals surface area (Å²) in [6.07, 6.45) is 0.227. The van der Waals surface area contributed by atoms with Gasteiger partial charge in [-0.05, 0) is 5.56 Å². The molecule has 0 saturated carbocycles. The number of ether oxygens (including phenoxy) is 1. The van der Waals surface area contributed by atoms with Crippen LogP contribution in [0.15, 0.2) is 30.3 Å². The third-order valence-electron chi connectivity index (χ3n) is 2.51. The maximum Gasteiger partial charge on any atom is 0.326 e. The van der Waals surface area contributed by atoms with Crippen LogP contribution in [0.3, 0.4) is 0 Å². The molecule has 0 aliphatic rings. The lowest BCUT2D eigenvalue weighted by molar-refractivity contribution is -0.139. The predicted octanol–water partition coefficient (Wildman–Crippen LogP) is 0.975. The molecule has 0 heterocycles. The van der Waals surface area contributed by atoms with E-state index in [0.717, 1.165) is 5.56 Å². The molecule has 3 N–H and O–H groups in total. The molecule has 0 radical (unpaired) electrons. The number of carboxylic acids is 1. The molecule has 0 aromatic heterocycles. The number of aliphatic carboxylic acids is 1. The molecule has 1 aromatic rings. The molecular weight excluding hydrogens is 248 g/mol. The summed E-state index contributed by atoms with van der Waals surface area (Å²) in [7, 11) is 1.48. The molecule has 19 heavy (non-hydrogen) atoms. The quantitative estimate of drug-likeness (QED) is 0.686. The zero-order valence-electron chi connectivity index (χ0n) is 10.8. The Balaban J connectivity index is 2.38. The van der Waals surface area contributed by atoms with Gasteiger partial charge in [0.1, 0.15) is 6.04 Å². The first-order valence-electron chi connectivity index (χ1n) is 5.93. The number of nitrogens with one attached hydrogen (secondary N) is 2. The summed E-state index contributed by atoms with van der Waals surface area (Å²) in [6.45, 7) is 0.624. The van der Waals surface area contributed by atoms with Crippen molar-refractivity contribution in [3.05, 3.63) is 35.9 Å². The minimum atomic E-state index is -1.08. The van der Waals surface area contributed by atoms with E-state index in [4.69, 9.17) is 9.84 Å². The highest BCUT2D eigenvalue weighted by molar-refractivity contribution is 5.82. The number of urea groups is 1. The highest BCUT2D eigenvalue weighted by Crippen LogP contribution is 1.97. The third kappa shape index (κ3) is 5.87. The molecule has 0 bridgehead atoms. The van der Waals surface area contributed by atoms with Gasteiger partial charge in [-0.1, -0.05) is 30.3 Å². The van der Waals surface area contributed by atoms with Gasteiger partial charge in [-0.25, -0.2) is 9.59 Å². The second-order valence-corrected chi connectivity index (χ2v) is 3.98. The molecule has 0 fully saturated rings. The maximum absolute atomic E-state index is 11.6. The lowest BCUT2D eigenvalue weighted by Crippen LogP contribution is -2.46. The summed E-state index contributed by atoms with van der Waals surface area (Å²) in [6, 6.07) is 7.92. The van der Waals surface area contributed by atoms with E-state index in [2.05, 4.69) is 10.6 Å². The first kappa shape index (κ1) is 15.0. The van der Waals surface area contributed by atoms with Crippen molar-refractivity contribution in [1.29, 1.82) is 0 Å². The van der Waals surface area contributed by atoms with Crippen LogP contribution in [-0.2, 0) is 16.1 Å². The number of rotatable bonds is 7. The highest BCUT2D eigenvalue weighted by Gasteiger charge is 2.19. The SMILES string of the molecule is COCCC(NC(=O)NCc1ccccc1)C(=O)O. The summed E-state index contributed by atoms with van der Waals surface area (Å²) >= 11 is 0. The van der Waals surface area contributed by atoms with E-state index in [0.29, 0.717) is 6.54 Å². The summed E-state index contributed by atoms with van der Waals surface area (Å²) < 4.78 is 4.80. The molecule has 6 nitrogen and oxygen atoms in total. The summed E-state index contributed by atoms with van der Waals surface area (Å²) in [5.74, 6) is -1.08. The number of hydrogen-bond donors (Lipinski definition) is 3. The van der Waals surface area contributed by atoms with Crippen molar-refractivity contribution < 1.29 is 19.4 Å². The smallest absolute Gasteiger partial charge is 0.326 e. The molecule has 0 saturated heterocycles. The van der Waals surface area contributed by atoms with Crippen molar-refractivity contribution in [2.24, 2.45) is 0 Å². The van der Waals surface area contributed by atoms with E-state index < -0.39 is 18.0 Å². The molecule has 0 aliphatic carbocycles. The van der Waals surface area contributed by atoms with E-state index in [9.17, 15) is 9.59 Å². The monoisotopic (exact) mass is 266 g/mol. The number of carbonyl (C=O) groups excluding carboxylic acids is 1. The Hall–Kier alpha value is -2.08. The number of amides is 2. The summed E-state index contributed by atoms with van der Waals surface area (Å²) in [5.41, 5.74) is 0.946. The zero-order valence-corrected chi connectivity index (χ0v) is 10.8. The molecule has 0 spiro atoms. The first-order valence-corrected chi connectivity index (χ1v) is 5.93. The van der Waals surface area contributed by atoms with Gasteiger partial charge < -0.3 is 20.5 Å². The normalized spacial score (nSPS) is 11.6. The van der Waals surface area contributed by atoms with Crippen LogP contribution in [0.5, 0.6) is 0 Å². The Kier molecular flexibility index (Phi) is 6.38. The molecule has 1 aromatic carbocycles. The van der Waals surface area contributed by atoms with Crippen LogP contribution in [0, 0.1) is 0 Å². The Morgan fingerprint density at radius 2 is 2.00 bits per heavy atom. The summed E-state index contributed by atoms with van der Waals surface area (Å²) in [4.78, 5) is 22.5. The minimum Gasteiger partial charge on any atom is -0.480 e. The van der Waals surface area contributed by atoms with Crippen molar-refractivity contribution in [2.75, 3.05) is 13.7 Å². The molecular formula is C13H18N2O4. The molecule has 1 atom stereocenters. The van der Waals surface area contributed by atoms with Gasteiger partial charge in [-0.3, -0.25) is 0 Å². The minimum absolute atomic E-state index is 0.227. The molecule has 2 amide bonds. The molecule has 1 unspecified atom stereocenters. The van der Waals surface area contributed by atoms with Gasteiger partial charge in [-0.2, -0.15) is 0 Å². The van der Waals surface area contributed by atoms with Gasteiger partial charge in [0.05, 0.1) is 0 Å². The Labute approximate surface area is 111 Å². The van der Waals surface area contributed by atoms with Crippen molar-refractivity contribution >= 4 is 12.0 Å². The number of carboxylic acid groups (broad SMARTS) is 1. The fourth-order valence-electron chi connectivity index (χ4n) is 1.48. The van der Waals surface area contributed by atoms with Crippen molar-refractivity contribution in [1.82, 2.24) is 10.6 Å². The van der Waals surface area contributed by atoms with E-state index in [-0.39, 0.29) is 13.0 Å². The van der Waals surface area contributed by atoms with Crippen LogP contribution in [0.2, 0.25) is 0 Å². The van der Waals surface area contributed by atoms with E-state index in [1.54, 1.807) is 0 Å². The Morgan fingerprint density at radius 3 is 2.58 bits per heavy atom. The molecule has 0 aliphatic heterocycles. The number of hydrogen-bond acceptors (Lipinski definition) is 3. The van der Waals surface area contributed by atoms with Crippen LogP contribution >= 0.6 is 0 Å². The van der Waals surface area contributed by atoms with Crippen molar-refractivity contribution in [3.8, 4) is 0 Å². The van der Waals surface area contributed by atoms with E-state index >= 15 is 0 Å². The van der Waals surface area contributed by atoms with Gasteiger partial charge in [0, 0.05) is 26.7 Å². The van der Waals surface area contributed by atoms with Crippen LogP contribution in [0.1, 0.15) is 12.0 Å². The Bertz CT molecular complexity index is 408. The van der Waals surface area contributed by atoms with Crippen LogP contribution in [0.4, 0.5) is 4.79 Å². The van der Waals surface area contributed by atoms with Gasteiger partial charge in [0.2, 0.25) is 0 Å². The topological polar surface area (TPSA) is 87.7 Å². The average molecular weight is 266 g/mol. The largest absolute Gasteiger partial charge is 0.480 e. The van der Waals surface area contributed by atoms with Gasteiger partial charge in [-0.15, -0.1) is 0 Å². The Morgan fingerprint density at radius 1 is 1.32 bits per heavy atom. The summed E-state index contributed by atoms with van der Waals surface area (Å²) in [5, 5.41) is 13.9. The van der Waals surface area contributed by atoms with Crippen LogP contribution < -0.4 is 10.6 Å². The average Bonchev–Trinajstić information content (AvgIpc) is 2.42. The maximum atomic E-state index is 11.6. The van der Waals surface area contributed by atoms with Gasteiger partial charge in [0.25, 0.3) is 0 Å². The second kappa shape index (κ2) is 8.10. The van der Waals surface area contributed by atoms with Crippen LogP contribution in [-0.4, -0.2) is 36.9 Å². The lowest BCUT2D eigenvalue weighted by atomic mass is 10.2. The van der Waals surface area contributed by atoms with Gasteiger partial charge >= 0.3 is 12.0 Å². The van der Waals surface area contributed by atoms with E-state index in [1.807, 2.05) is 30.3 Å². The first-order chi connectivity index (χ1) is 9.13. The zero-order chi connectivity index (χ0) is 14.1. The third-order valence-corrected chi connectivity index (χ3v) is 2.51. The lowest BCUT2D eigenvalue weighted by Gasteiger charge is -2.14. The molecule has 6 heteroatoms. The van der Waals surface area contributed by atoms with Crippen LogP contribution in [0.25, 0.3) is 0 Å². The number of benzene rings is 1. The van der Waals surface area contributed by atoms with Gasteiger partial charge in [0.15, 0.2) is 0 Å². The predicted molar refractivity (Wildman–Crippen MR) is 69.7 cm³/mol. The standard InChI is InChI=1S/C13H18N2O4/c1-19-8-7-11(12(16)17)15-13(18)14-9-10-5-3-2-4-6-10/h2-6,11H,7-9H2,1H3,(H,16,17)(H2,14,15,18). The highest BCUT2D eigenvalue weighted by atomic mass is 16.5. The van der Waals surface area contributed by atoms with Crippen molar-refractivity contribution in [3.63, 3.8) is 0 Å². The fraction of sp³-hybridized carbons (Fsp3) is 0.385. The number of methoxy groups -OCH3 is 1. The number of carbonyl (C=O) groups is 2. The molecule has 1 rings (SSSR count).